The third-order valence-corrected chi connectivity index (χ3v) is 1.74. The maximum atomic E-state index is 11.0. The van der Waals surface area contributed by atoms with Gasteiger partial charge in [-0.05, 0) is 19.1 Å². The second kappa shape index (κ2) is 4.93. The molecule has 0 saturated heterocycles. The molecule has 0 heterocycles. The summed E-state index contributed by atoms with van der Waals surface area (Å²) in [6, 6.07) is 7.10. The maximum Gasteiger partial charge on any atom is 0.250 e. The summed E-state index contributed by atoms with van der Waals surface area (Å²) in [5, 5.41) is 3.02. The van der Waals surface area contributed by atoms with Crippen LogP contribution in [-0.4, -0.2) is 12.5 Å². The molecule has 0 radical (unpaired) electrons. The Morgan fingerprint density at radius 2 is 2.21 bits per heavy atom. The molecule has 0 aliphatic heterocycles. The molecule has 3 heteroatoms. The van der Waals surface area contributed by atoms with Crippen LogP contribution in [0.15, 0.2) is 24.3 Å². The Labute approximate surface area is 83.3 Å². The lowest BCUT2D eigenvalue weighted by molar-refractivity contribution is 0.100. The van der Waals surface area contributed by atoms with E-state index in [0.717, 1.165) is 5.69 Å². The highest BCUT2D eigenvalue weighted by atomic mass is 16.1. The molecule has 3 N–H and O–H groups in total. The van der Waals surface area contributed by atoms with Crippen LogP contribution in [0.4, 0.5) is 5.69 Å². The Morgan fingerprint density at radius 3 is 2.86 bits per heavy atom. The minimum atomic E-state index is -0.433. The molecule has 1 amide bonds. The molecule has 0 bridgehead atoms. The van der Waals surface area contributed by atoms with Gasteiger partial charge in [0.1, 0.15) is 0 Å². The van der Waals surface area contributed by atoms with Gasteiger partial charge in [-0.2, -0.15) is 0 Å². The number of anilines is 1. The van der Waals surface area contributed by atoms with Crippen molar-refractivity contribution in [3.8, 4) is 11.8 Å². The highest BCUT2D eigenvalue weighted by molar-refractivity contribution is 5.98. The Morgan fingerprint density at radius 1 is 1.50 bits per heavy atom. The van der Waals surface area contributed by atoms with Crippen molar-refractivity contribution in [3.63, 3.8) is 0 Å². The molecule has 0 aromatic heterocycles. The van der Waals surface area contributed by atoms with Crippen LogP contribution in [0, 0.1) is 11.8 Å². The molecule has 0 atom stereocenters. The molecule has 0 unspecified atom stereocenters. The van der Waals surface area contributed by atoms with E-state index in [0.29, 0.717) is 12.1 Å². The molecule has 0 aliphatic rings. The SMILES string of the molecule is CC#CCNc1ccccc1C(N)=O. The molecule has 0 aliphatic carbocycles. The molecular weight excluding hydrogens is 176 g/mol. The Kier molecular flexibility index (Phi) is 3.57. The number of hydrogen-bond acceptors (Lipinski definition) is 2. The third-order valence-electron chi connectivity index (χ3n) is 1.74. The van der Waals surface area contributed by atoms with Crippen LogP contribution in [0.3, 0.4) is 0 Å². The monoisotopic (exact) mass is 188 g/mol. The highest BCUT2D eigenvalue weighted by Crippen LogP contribution is 2.13. The summed E-state index contributed by atoms with van der Waals surface area (Å²) in [5.74, 6) is 5.17. The van der Waals surface area contributed by atoms with Gasteiger partial charge in [0.15, 0.2) is 0 Å². The number of hydrogen-bond donors (Lipinski definition) is 2. The fraction of sp³-hybridized carbons (Fsp3) is 0.182. The summed E-state index contributed by atoms with van der Waals surface area (Å²) in [7, 11) is 0. The van der Waals surface area contributed by atoms with Gasteiger partial charge in [-0.3, -0.25) is 4.79 Å². The van der Waals surface area contributed by atoms with E-state index in [1.165, 1.54) is 0 Å². The molecule has 72 valence electrons. The number of amides is 1. The zero-order valence-corrected chi connectivity index (χ0v) is 8.00. The zero-order valence-electron chi connectivity index (χ0n) is 8.00. The smallest absolute Gasteiger partial charge is 0.250 e. The Hall–Kier alpha value is -1.95. The first kappa shape index (κ1) is 10.1. The zero-order chi connectivity index (χ0) is 10.4. The van der Waals surface area contributed by atoms with Crippen molar-refractivity contribution in [3.05, 3.63) is 29.8 Å². The van der Waals surface area contributed by atoms with Gasteiger partial charge in [-0.25, -0.2) is 0 Å². The maximum absolute atomic E-state index is 11.0. The van der Waals surface area contributed by atoms with Gasteiger partial charge in [0.25, 0.3) is 5.91 Å². The summed E-state index contributed by atoms with van der Waals surface area (Å²) in [6.45, 7) is 2.28. The highest BCUT2D eigenvalue weighted by Gasteiger charge is 2.04. The van der Waals surface area contributed by atoms with E-state index in [-0.39, 0.29) is 0 Å². The van der Waals surface area contributed by atoms with Crippen molar-refractivity contribution in [1.29, 1.82) is 0 Å². The molecular formula is C11H12N2O. The Bertz CT molecular complexity index is 388. The molecule has 0 spiro atoms. The van der Waals surface area contributed by atoms with Crippen molar-refractivity contribution in [2.75, 3.05) is 11.9 Å². The van der Waals surface area contributed by atoms with E-state index in [2.05, 4.69) is 17.2 Å². The number of para-hydroxylation sites is 1. The molecule has 1 aromatic carbocycles. The number of primary amides is 1. The van der Waals surface area contributed by atoms with Crippen molar-refractivity contribution in [2.45, 2.75) is 6.92 Å². The average molecular weight is 188 g/mol. The number of carbonyl (C=O) groups excluding carboxylic acids is 1. The normalized spacial score (nSPS) is 8.64. The quantitative estimate of drug-likeness (QED) is 0.701. The Balaban J connectivity index is 2.83. The lowest BCUT2D eigenvalue weighted by atomic mass is 10.1. The van der Waals surface area contributed by atoms with Crippen LogP contribution in [0.25, 0.3) is 0 Å². The number of benzene rings is 1. The van der Waals surface area contributed by atoms with Crippen LogP contribution >= 0.6 is 0 Å². The van der Waals surface area contributed by atoms with Crippen molar-refractivity contribution in [2.24, 2.45) is 5.73 Å². The molecule has 1 aromatic rings. The fourth-order valence-corrected chi connectivity index (χ4v) is 1.08. The number of nitrogens with one attached hydrogen (secondary N) is 1. The van der Waals surface area contributed by atoms with Gasteiger partial charge >= 0.3 is 0 Å². The first-order valence-corrected chi connectivity index (χ1v) is 4.28. The summed E-state index contributed by atoms with van der Waals surface area (Å²) in [4.78, 5) is 11.0. The van der Waals surface area contributed by atoms with Crippen molar-refractivity contribution >= 4 is 11.6 Å². The van der Waals surface area contributed by atoms with Crippen LogP contribution < -0.4 is 11.1 Å². The van der Waals surface area contributed by atoms with Crippen LogP contribution in [-0.2, 0) is 0 Å². The van der Waals surface area contributed by atoms with Crippen LogP contribution in [0.5, 0.6) is 0 Å². The van der Waals surface area contributed by atoms with Gasteiger partial charge in [-0.15, -0.1) is 5.92 Å². The molecule has 14 heavy (non-hydrogen) atoms. The second-order valence-corrected chi connectivity index (χ2v) is 2.69. The van der Waals surface area contributed by atoms with Gasteiger partial charge < -0.3 is 11.1 Å². The van der Waals surface area contributed by atoms with Crippen LogP contribution in [0.1, 0.15) is 17.3 Å². The van der Waals surface area contributed by atoms with E-state index in [4.69, 9.17) is 5.73 Å². The van der Waals surface area contributed by atoms with E-state index in [1.807, 2.05) is 6.07 Å². The minimum absolute atomic E-state index is 0.433. The first-order valence-electron chi connectivity index (χ1n) is 4.28. The number of nitrogens with two attached hydrogens (primary N) is 1. The van der Waals surface area contributed by atoms with Gasteiger partial charge in [0, 0.05) is 5.69 Å². The van der Waals surface area contributed by atoms with E-state index >= 15 is 0 Å². The number of carbonyl (C=O) groups is 1. The first-order chi connectivity index (χ1) is 6.75. The van der Waals surface area contributed by atoms with Gasteiger partial charge in [0.2, 0.25) is 0 Å². The molecule has 0 saturated carbocycles. The lowest BCUT2D eigenvalue weighted by Crippen LogP contribution is -2.14. The van der Waals surface area contributed by atoms with Crippen LogP contribution in [0.2, 0.25) is 0 Å². The summed E-state index contributed by atoms with van der Waals surface area (Å²) < 4.78 is 0. The van der Waals surface area contributed by atoms with E-state index in [9.17, 15) is 4.79 Å². The summed E-state index contributed by atoms with van der Waals surface area (Å²) in [6.07, 6.45) is 0. The fourth-order valence-electron chi connectivity index (χ4n) is 1.08. The molecule has 3 nitrogen and oxygen atoms in total. The molecule has 0 fully saturated rings. The van der Waals surface area contributed by atoms with Crippen molar-refractivity contribution in [1.82, 2.24) is 0 Å². The number of rotatable bonds is 3. The van der Waals surface area contributed by atoms with Gasteiger partial charge in [0.05, 0.1) is 12.1 Å². The van der Waals surface area contributed by atoms with Crippen molar-refractivity contribution < 1.29 is 4.79 Å². The van der Waals surface area contributed by atoms with Gasteiger partial charge in [-0.1, -0.05) is 18.1 Å². The minimum Gasteiger partial charge on any atom is -0.373 e. The summed E-state index contributed by atoms with van der Waals surface area (Å²) in [5.41, 5.74) is 6.42. The van der Waals surface area contributed by atoms with E-state index in [1.54, 1.807) is 25.1 Å². The lowest BCUT2D eigenvalue weighted by Gasteiger charge is -2.06. The largest absolute Gasteiger partial charge is 0.373 e. The van der Waals surface area contributed by atoms with E-state index < -0.39 is 5.91 Å². The average Bonchev–Trinajstić information content (AvgIpc) is 2.19. The topological polar surface area (TPSA) is 55.1 Å². The second-order valence-electron chi connectivity index (χ2n) is 2.69. The standard InChI is InChI=1S/C11H12N2O/c1-2-3-8-13-10-7-5-4-6-9(10)11(12)14/h4-7,13H,8H2,1H3,(H2,12,14). The predicted molar refractivity (Wildman–Crippen MR) is 56.9 cm³/mol. The summed E-state index contributed by atoms with van der Waals surface area (Å²) >= 11 is 0. The molecule has 1 rings (SSSR count). The third kappa shape index (κ3) is 2.53. The predicted octanol–water partition coefficient (Wildman–Crippen LogP) is 1.22.